The van der Waals surface area contributed by atoms with Gasteiger partial charge in [-0.1, -0.05) is 0 Å². The molecule has 3 nitrogen and oxygen atoms in total. The molecule has 0 saturated heterocycles. The van der Waals surface area contributed by atoms with E-state index in [2.05, 4.69) is 34.6 Å². The van der Waals surface area contributed by atoms with E-state index < -0.39 is 28.2 Å². The van der Waals surface area contributed by atoms with E-state index in [4.69, 9.17) is 2.81 Å². The van der Waals surface area contributed by atoms with Crippen molar-refractivity contribution in [3.8, 4) is 0 Å². The van der Waals surface area contributed by atoms with Crippen molar-refractivity contribution in [2.24, 2.45) is 5.41 Å². The van der Waals surface area contributed by atoms with Gasteiger partial charge in [0.15, 0.2) is 0 Å². The van der Waals surface area contributed by atoms with Gasteiger partial charge in [0.1, 0.15) is 0 Å². The Labute approximate surface area is 122 Å². The van der Waals surface area contributed by atoms with Crippen LogP contribution in [-0.4, -0.2) is 8.78 Å². The van der Waals surface area contributed by atoms with Gasteiger partial charge in [-0.15, -0.1) is 0 Å². The first kappa shape index (κ1) is 18.6. The molecule has 18 heavy (non-hydrogen) atoms. The summed E-state index contributed by atoms with van der Waals surface area (Å²) in [5, 5.41) is 0. The summed E-state index contributed by atoms with van der Waals surface area (Å²) in [6.07, 6.45) is 7.09. The predicted octanol–water partition coefficient (Wildman–Crippen LogP) is 4.34. The van der Waals surface area contributed by atoms with E-state index in [0.29, 0.717) is 0 Å². The molecule has 0 aliphatic heterocycles. The number of hydrogen-bond acceptors (Lipinski definition) is 2. The molecule has 0 atom stereocenters. The molecule has 0 radical (unpaired) electrons. The van der Waals surface area contributed by atoms with Gasteiger partial charge in [-0.25, -0.2) is 0 Å². The van der Waals surface area contributed by atoms with Crippen molar-refractivity contribution in [3.05, 3.63) is 0 Å². The predicted molar refractivity (Wildman–Crippen MR) is 69.8 cm³/mol. The van der Waals surface area contributed by atoms with Gasteiger partial charge < -0.3 is 0 Å². The van der Waals surface area contributed by atoms with E-state index >= 15 is 0 Å². The van der Waals surface area contributed by atoms with E-state index in [0.717, 1.165) is 44.9 Å². The normalized spacial score (nSPS) is 12.8. The van der Waals surface area contributed by atoms with Crippen LogP contribution in [0.3, 0.4) is 0 Å². The van der Waals surface area contributed by atoms with Gasteiger partial charge in [0.05, 0.1) is 0 Å². The first-order valence-electron chi connectivity index (χ1n) is 7.39. The molecule has 0 fully saturated rings. The van der Waals surface area contributed by atoms with E-state index in [1.165, 1.54) is 0 Å². The van der Waals surface area contributed by atoms with Gasteiger partial charge in [0.25, 0.3) is 0 Å². The number of unbranched alkanes of at least 4 members (excludes halogenated alkanes) is 1. The molecule has 0 aromatic heterocycles. The fraction of sp³-hybridized carbons (Fsp3) is 1.00. The summed E-state index contributed by atoms with van der Waals surface area (Å²) in [5.74, 6) is 0. The zero-order valence-corrected chi connectivity index (χ0v) is 15.2. The molecule has 4 heteroatoms. The van der Waals surface area contributed by atoms with E-state index in [9.17, 15) is 6.00 Å². The molecule has 0 saturated carbocycles. The van der Waals surface area contributed by atoms with Crippen molar-refractivity contribution in [1.29, 1.82) is 0 Å². The third-order valence-corrected chi connectivity index (χ3v) is 6.14. The summed E-state index contributed by atoms with van der Waals surface area (Å²) in [6.45, 7) is 10.7. The molecule has 0 heterocycles. The van der Waals surface area contributed by atoms with Crippen LogP contribution >= 0.6 is 0 Å². The molecule has 0 aliphatic rings. The Hall–Kier alpha value is 0.603. The Morgan fingerprint density at radius 1 is 1.00 bits per heavy atom. The summed E-state index contributed by atoms with van der Waals surface area (Å²) in [6, 6.07) is 0. The summed E-state index contributed by atoms with van der Waals surface area (Å²) in [7, 11) is 0. The Bertz CT molecular complexity index is 245. The van der Waals surface area contributed by atoms with Crippen LogP contribution < -0.4 is 0 Å². The maximum absolute atomic E-state index is 11.3. The van der Waals surface area contributed by atoms with E-state index in [-0.39, 0.29) is 5.41 Å². The maximum atomic E-state index is 11.3. The van der Waals surface area contributed by atoms with Gasteiger partial charge in [-0.2, -0.15) is 0 Å². The monoisotopic (exact) mass is 336 g/mol. The molecular weight excluding hydrogens is 307 g/mol. The fourth-order valence-corrected chi connectivity index (χ4v) is 5.47. The molecule has 0 aromatic rings. The van der Waals surface area contributed by atoms with Crippen molar-refractivity contribution in [2.45, 2.75) is 85.2 Å². The average molecular weight is 338 g/mol. The second-order valence-corrected chi connectivity index (χ2v) is 6.97. The Balaban J connectivity index is 5.37. The van der Waals surface area contributed by atoms with Gasteiger partial charge in [0.2, 0.25) is 0 Å². The van der Waals surface area contributed by atoms with Gasteiger partial charge in [0, 0.05) is 0 Å². The zero-order chi connectivity index (χ0) is 14.2. The number of rotatable bonds is 10. The minimum atomic E-state index is -3.79. The van der Waals surface area contributed by atoms with Gasteiger partial charge in [-0.05, 0) is 0 Å². The van der Waals surface area contributed by atoms with Crippen molar-refractivity contribution in [1.82, 2.24) is 0 Å². The summed E-state index contributed by atoms with van der Waals surface area (Å²) in [4.78, 5) is 0. The third-order valence-electron chi connectivity index (χ3n) is 4.75. The second kappa shape index (κ2) is 8.71. The van der Waals surface area contributed by atoms with Gasteiger partial charge in [-0.3, -0.25) is 0 Å². The SMILES string of the molecule is CCCCC(CC)(CC)C(CC)(CC)[O][Zr](=[O])[OH]. The van der Waals surface area contributed by atoms with Crippen LogP contribution in [0.25, 0.3) is 0 Å². The van der Waals surface area contributed by atoms with Crippen molar-refractivity contribution in [2.75, 3.05) is 0 Å². The van der Waals surface area contributed by atoms with Crippen molar-refractivity contribution < 1.29 is 31.4 Å². The van der Waals surface area contributed by atoms with Crippen molar-refractivity contribution in [3.63, 3.8) is 0 Å². The quantitative estimate of drug-likeness (QED) is 0.645. The van der Waals surface area contributed by atoms with Crippen LogP contribution in [-0.2, 0) is 28.3 Å². The Morgan fingerprint density at radius 2 is 1.50 bits per heavy atom. The van der Waals surface area contributed by atoms with Gasteiger partial charge >= 0.3 is 122 Å². The molecule has 108 valence electrons. The van der Waals surface area contributed by atoms with Crippen LogP contribution in [0.2, 0.25) is 0 Å². The fourth-order valence-electron chi connectivity index (χ4n) is 3.41. The number of hydrogen-bond donors (Lipinski definition) is 1. The van der Waals surface area contributed by atoms with Crippen LogP contribution in [0.4, 0.5) is 0 Å². The summed E-state index contributed by atoms with van der Waals surface area (Å²) >= 11 is -3.79. The summed E-state index contributed by atoms with van der Waals surface area (Å²) in [5.41, 5.74) is -0.359. The van der Waals surface area contributed by atoms with Crippen LogP contribution in [0.1, 0.15) is 79.6 Å². The zero-order valence-electron chi connectivity index (χ0n) is 12.7. The standard InChI is InChI=1S/C14H29O.H2O.O.Zr/c1-6-11-12-13(7-2,8-3)14(15,9-4)10-5;;;/h6-12H2,1-5H3;1H2;;/q-1;;;+2/p-1. The average Bonchev–Trinajstić information content (AvgIpc) is 2.38. The molecule has 1 N–H and O–H groups in total. The first-order chi connectivity index (χ1) is 8.47. The van der Waals surface area contributed by atoms with E-state index in [1.807, 2.05) is 0 Å². The van der Waals surface area contributed by atoms with Crippen molar-refractivity contribution >= 4 is 0 Å². The van der Waals surface area contributed by atoms with Crippen LogP contribution in [0.5, 0.6) is 0 Å². The van der Waals surface area contributed by atoms with E-state index in [1.54, 1.807) is 0 Å². The molecule has 0 amide bonds. The molecule has 0 spiro atoms. The second-order valence-electron chi connectivity index (χ2n) is 5.16. The minimum absolute atomic E-state index is 0.0471. The first-order valence-corrected chi connectivity index (χ1v) is 10.5. The van der Waals surface area contributed by atoms with Crippen LogP contribution in [0, 0.1) is 5.41 Å². The molecule has 0 aliphatic carbocycles. The topological polar surface area (TPSA) is 46.5 Å². The molecule has 0 aromatic carbocycles. The van der Waals surface area contributed by atoms with Crippen LogP contribution in [0.15, 0.2) is 0 Å². The summed E-state index contributed by atoms with van der Waals surface area (Å²) < 4.78 is 26.4. The molecule has 0 rings (SSSR count). The third kappa shape index (κ3) is 4.05. The molecule has 0 unspecified atom stereocenters. The Morgan fingerprint density at radius 3 is 1.78 bits per heavy atom. The molecular formula is C14H30O3Zr. The molecule has 0 bridgehead atoms. The Kier molecular flexibility index (Phi) is 9.00.